The molecule has 0 atom stereocenters. The summed E-state index contributed by atoms with van der Waals surface area (Å²) in [6.07, 6.45) is 0.856. The lowest BCUT2D eigenvalue weighted by Crippen LogP contribution is -2.50. The molecule has 0 radical (unpaired) electrons. The molecule has 27 heavy (non-hydrogen) atoms. The molecular weight excluding hydrogens is 360 g/mol. The Labute approximate surface area is 165 Å². The molecule has 0 spiro atoms. The molecule has 0 bridgehead atoms. The Morgan fingerprint density at radius 1 is 1.26 bits per heavy atom. The first-order valence-electron chi connectivity index (χ1n) is 9.16. The van der Waals surface area contributed by atoms with Gasteiger partial charge < -0.3 is 19.9 Å². The fourth-order valence-corrected chi connectivity index (χ4v) is 3.50. The molecule has 144 valence electrons. The van der Waals surface area contributed by atoms with Crippen LogP contribution in [-0.2, 0) is 6.42 Å². The summed E-state index contributed by atoms with van der Waals surface area (Å²) in [6, 6.07) is 9.91. The van der Waals surface area contributed by atoms with Crippen molar-refractivity contribution in [1.82, 2.24) is 9.88 Å². The highest BCUT2D eigenvalue weighted by atomic mass is 32.1. The fraction of sp³-hybridized carbons (Fsp3) is 0.400. The number of carbonyl (C=O) groups excluding carboxylic acids is 1. The molecule has 1 saturated heterocycles. The number of aromatic nitrogens is 1. The van der Waals surface area contributed by atoms with E-state index in [1.165, 1.54) is 0 Å². The summed E-state index contributed by atoms with van der Waals surface area (Å²) in [7, 11) is 1.57. The molecule has 1 fully saturated rings. The van der Waals surface area contributed by atoms with Crippen molar-refractivity contribution in [1.29, 1.82) is 0 Å². The van der Waals surface area contributed by atoms with Crippen molar-refractivity contribution in [2.24, 2.45) is 0 Å². The van der Waals surface area contributed by atoms with Crippen LogP contribution in [0.25, 0.3) is 0 Å². The number of carbonyl (C=O) groups is 1. The van der Waals surface area contributed by atoms with Crippen LogP contribution >= 0.6 is 12.6 Å². The van der Waals surface area contributed by atoms with E-state index < -0.39 is 0 Å². The lowest BCUT2D eigenvalue weighted by atomic mass is 10.1. The zero-order valence-electron chi connectivity index (χ0n) is 16.0. The second kappa shape index (κ2) is 8.52. The zero-order valence-corrected chi connectivity index (χ0v) is 16.9. The van der Waals surface area contributed by atoms with Gasteiger partial charge in [0.15, 0.2) is 0 Å². The number of hydrogen-bond donors (Lipinski definition) is 2. The average Bonchev–Trinajstić information content (AvgIpc) is 2.69. The maximum absolute atomic E-state index is 12.7. The van der Waals surface area contributed by atoms with E-state index in [9.17, 15) is 4.79 Å². The molecule has 2 amide bonds. The predicted octanol–water partition coefficient (Wildman–Crippen LogP) is 3.60. The molecule has 1 N–H and O–H groups in total. The number of piperazine rings is 1. The Hall–Kier alpha value is -2.41. The molecule has 2 aromatic rings. The molecule has 1 aromatic carbocycles. The molecular formula is C20H26N4O2S. The highest BCUT2D eigenvalue weighted by molar-refractivity contribution is 7.80. The second-order valence-electron chi connectivity index (χ2n) is 6.57. The monoisotopic (exact) mass is 386 g/mol. The van der Waals surface area contributed by atoms with E-state index in [-0.39, 0.29) is 6.03 Å². The van der Waals surface area contributed by atoms with Crippen molar-refractivity contribution in [2.45, 2.75) is 25.2 Å². The number of rotatable bonds is 4. The van der Waals surface area contributed by atoms with Crippen LogP contribution < -0.4 is 15.0 Å². The highest BCUT2D eigenvalue weighted by Crippen LogP contribution is 2.26. The highest BCUT2D eigenvalue weighted by Gasteiger charge is 2.22. The van der Waals surface area contributed by atoms with E-state index in [0.29, 0.717) is 24.7 Å². The Morgan fingerprint density at radius 2 is 2.00 bits per heavy atom. The molecule has 0 unspecified atom stereocenters. The van der Waals surface area contributed by atoms with Gasteiger partial charge in [-0.1, -0.05) is 13.0 Å². The number of nitrogens with zero attached hydrogens (tertiary/aromatic N) is 3. The van der Waals surface area contributed by atoms with Gasteiger partial charge in [0.2, 0.25) is 5.88 Å². The van der Waals surface area contributed by atoms with Gasteiger partial charge in [0.05, 0.1) is 7.11 Å². The third-order valence-electron chi connectivity index (χ3n) is 4.86. The van der Waals surface area contributed by atoms with Crippen LogP contribution in [0, 0.1) is 6.92 Å². The first-order valence-corrected chi connectivity index (χ1v) is 9.61. The number of benzene rings is 1. The summed E-state index contributed by atoms with van der Waals surface area (Å²) in [4.78, 5) is 22.2. The van der Waals surface area contributed by atoms with Gasteiger partial charge in [-0.15, -0.1) is 12.6 Å². The summed E-state index contributed by atoms with van der Waals surface area (Å²) < 4.78 is 5.34. The number of pyridine rings is 1. The van der Waals surface area contributed by atoms with Crippen LogP contribution in [-0.4, -0.2) is 49.2 Å². The van der Waals surface area contributed by atoms with Crippen molar-refractivity contribution < 1.29 is 9.53 Å². The number of amides is 2. The van der Waals surface area contributed by atoms with E-state index in [2.05, 4.69) is 40.8 Å². The van der Waals surface area contributed by atoms with Gasteiger partial charge in [-0.05, 0) is 43.2 Å². The first kappa shape index (κ1) is 19.4. The van der Waals surface area contributed by atoms with Gasteiger partial charge in [-0.2, -0.15) is 0 Å². The molecule has 1 aliphatic heterocycles. The Balaban J connectivity index is 1.65. The lowest BCUT2D eigenvalue weighted by Gasteiger charge is -2.36. The van der Waals surface area contributed by atoms with Crippen LogP contribution in [0.4, 0.5) is 16.2 Å². The van der Waals surface area contributed by atoms with E-state index in [4.69, 9.17) is 4.74 Å². The van der Waals surface area contributed by atoms with Crippen molar-refractivity contribution in [3.63, 3.8) is 0 Å². The molecule has 1 aliphatic rings. The summed E-state index contributed by atoms with van der Waals surface area (Å²) in [5.41, 5.74) is 3.78. The van der Waals surface area contributed by atoms with Gasteiger partial charge in [-0.25, -0.2) is 9.78 Å². The third kappa shape index (κ3) is 4.47. The van der Waals surface area contributed by atoms with Crippen LogP contribution in [0.15, 0.2) is 35.2 Å². The maximum Gasteiger partial charge on any atom is 0.322 e. The summed E-state index contributed by atoms with van der Waals surface area (Å²) in [5.74, 6) is 0.447. The quantitative estimate of drug-likeness (QED) is 0.789. The normalized spacial score (nSPS) is 14.2. The number of methoxy groups -OCH3 is 1. The summed E-state index contributed by atoms with van der Waals surface area (Å²) >= 11 is 4.40. The number of aryl methyl sites for hydroxylation is 2. The van der Waals surface area contributed by atoms with Gasteiger partial charge in [0, 0.05) is 42.5 Å². The van der Waals surface area contributed by atoms with Crippen molar-refractivity contribution in [3.05, 3.63) is 41.6 Å². The minimum Gasteiger partial charge on any atom is -0.480 e. The van der Waals surface area contributed by atoms with Gasteiger partial charge in [0.1, 0.15) is 5.69 Å². The van der Waals surface area contributed by atoms with Crippen LogP contribution in [0.1, 0.15) is 18.2 Å². The second-order valence-corrected chi connectivity index (χ2v) is 7.08. The molecule has 1 aromatic heterocycles. The Morgan fingerprint density at radius 3 is 2.63 bits per heavy atom. The van der Waals surface area contributed by atoms with Gasteiger partial charge in [-0.3, -0.25) is 0 Å². The number of nitrogens with one attached hydrogen (secondary N) is 1. The van der Waals surface area contributed by atoms with E-state index in [0.717, 1.165) is 41.4 Å². The molecule has 7 heteroatoms. The molecule has 0 aliphatic carbocycles. The molecule has 6 nitrogen and oxygen atoms in total. The number of hydrogen-bond acceptors (Lipinski definition) is 5. The SMILES string of the molecule is CCc1cc(NC(=O)N2CCN(c3cccc(S)c3)CC2)c(OC)nc1C. The zero-order chi connectivity index (χ0) is 19.4. The molecule has 3 rings (SSSR count). The van der Waals surface area contributed by atoms with E-state index in [1.54, 1.807) is 7.11 Å². The number of urea groups is 1. The largest absolute Gasteiger partial charge is 0.480 e. The average molecular weight is 387 g/mol. The first-order chi connectivity index (χ1) is 13.0. The lowest BCUT2D eigenvalue weighted by molar-refractivity contribution is 0.208. The topological polar surface area (TPSA) is 57.7 Å². The minimum absolute atomic E-state index is 0.122. The van der Waals surface area contributed by atoms with Crippen LogP contribution in [0.2, 0.25) is 0 Å². The predicted molar refractivity (Wildman–Crippen MR) is 111 cm³/mol. The van der Waals surface area contributed by atoms with Crippen molar-refractivity contribution in [3.8, 4) is 5.88 Å². The van der Waals surface area contributed by atoms with Crippen LogP contribution in [0.5, 0.6) is 5.88 Å². The van der Waals surface area contributed by atoms with Crippen LogP contribution in [0.3, 0.4) is 0 Å². The number of anilines is 2. The van der Waals surface area contributed by atoms with Crippen molar-refractivity contribution in [2.75, 3.05) is 43.5 Å². The Kier molecular flexibility index (Phi) is 6.11. The molecule has 0 saturated carbocycles. The minimum atomic E-state index is -0.122. The maximum atomic E-state index is 12.7. The fourth-order valence-electron chi connectivity index (χ4n) is 3.28. The van der Waals surface area contributed by atoms with E-state index >= 15 is 0 Å². The summed E-state index contributed by atoms with van der Waals surface area (Å²) in [6.45, 7) is 6.91. The van der Waals surface area contributed by atoms with Gasteiger partial charge in [0.25, 0.3) is 0 Å². The van der Waals surface area contributed by atoms with Gasteiger partial charge >= 0.3 is 6.03 Å². The smallest absolute Gasteiger partial charge is 0.322 e. The summed E-state index contributed by atoms with van der Waals surface area (Å²) in [5, 5.41) is 2.97. The molecule has 2 heterocycles. The van der Waals surface area contributed by atoms with E-state index in [1.807, 2.05) is 36.1 Å². The third-order valence-corrected chi connectivity index (χ3v) is 5.14. The standard InChI is InChI=1S/C20H26N4O2S/c1-4-15-12-18(19(26-3)21-14(15)2)22-20(25)24-10-8-23(9-11-24)16-6-5-7-17(27)13-16/h5-7,12-13,27H,4,8-11H2,1-3H3,(H,22,25). The number of ether oxygens (including phenoxy) is 1. The van der Waals surface area contributed by atoms with Crippen molar-refractivity contribution >= 4 is 30.0 Å². The Bertz CT molecular complexity index is 820. The number of thiol groups is 1.